The Labute approximate surface area is 216 Å². The summed E-state index contributed by atoms with van der Waals surface area (Å²) in [5, 5.41) is 0. The number of benzene rings is 5. The molecule has 0 bridgehead atoms. The molecule has 0 N–H and O–H groups in total. The first kappa shape index (κ1) is 23.2. The van der Waals surface area contributed by atoms with Gasteiger partial charge in [0.05, 0.1) is 11.4 Å². The lowest BCUT2D eigenvalue weighted by Gasteiger charge is -2.24. The monoisotopic (exact) mass is 487 g/mol. The van der Waals surface area contributed by atoms with Gasteiger partial charge in [-0.2, -0.15) is 0 Å². The molecule has 0 saturated carbocycles. The van der Waals surface area contributed by atoms with Gasteiger partial charge in [-0.05, 0) is 69.3 Å². The molecule has 37 heavy (non-hydrogen) atoms. The Morgan fingerprint density at radius 1 is 0.541 bits per heavy atom. The van der Waals surface area contributed by atoms with Gasteiger partial charge >= 0.3 is 0 Å². The Morgan fingerprint density at radius 2 is 1.19 bits per heavy atom. The molecular formula is C34H27F2N. The molecule has 6 rings (SSSR count). The zero-order valence-electron chi connectivity index (χ0n) is 21.1. The lowest BCUT2D eigenvalue weighted by molar-refractivity contribution is 0.619. The predicted octanol–water partition coefficient (Wildman–Crippen LogP) is 9.37. The van der Waals surface area contributed by atoms with Gasteiger partial charge in [0.25, 0.3) is 0 Å². The fraction of sp³-hybridized carbons (Fsp3) is 0.118. The first-order chi connectivity index (χ1) is 17.9. The minimum Gasteiger partial charge on any atom is -0.340 e. The first-order valence-corrected chi connectivity index (χ1v) is 12.5. The van der Waals surface area contributed by atoms with Gasteiger partial charge in [0.15, 0.2) is 5.82 Å². The highest BCUT2D eigenvalue weighted by molar-refractivity contribution is 5.87. The van der Waals surface area contributed by atoms with E-state index in [0.29, 0.717) is 16.9 Å². The molecule has 0 aliphatic heterocycles. The Morgan fingerprint density at radius 3 is 1.97 bits per heavy atom. The number of nitrogens with zero attached hydrogens (tertiary/aromatic N) is 1. The Hall–Kier alpha value is -4.24. The summed E-state index contributed by atoms with van der Waals surface area (Å²) in [7, 11) is 1.71. The normalized spacial score (nSPS) is 13.2. The van der Waals surface area contributed by atoms with Crippen molar-refractivity contribution in [1.29, 1.82) is 0 Å². The minimum atomic E-state index is -0.396. The van der Waals surface area contributed by atoms with Crippen LogP contribution in [0.15, 0.2) is 109 Å². The molecule has 0 saturated heterocycles. The van der Waals surface area contributed by atoms with Crippen molar-refractivity contribution in [3.63, 3.8) is 0 Å². The molecule has 5 aromatic carbocycles. The topological polar surface area (TPSA) is 3.24 Å². The minimum absolute atomic E-state index is 0.0847. The molecule has 0 unspecified atom stereocenters. The highest BCUT2D eigenvalue weighted by Crippen LogP contribution is 2.50. The molecular weight excluding hydrogens is 460 g/mol. The van der Waals surface area contributed by atoms with Gasteiger partial charge in [-0.3, -0.25) is 0 Å². The molecule has 1 aliphatic carbocycles. The summed E-state index contributed by atoms with van der Waals surface area (Å²) in [6.45, 7) is 4.51. The Kier molecular flexibility index (Phi) is 5.45. The maximum absolute atomic E-state index is 16.1. The zero-order chi connectivity index (χ0) is 25.7. The zero-order valence-corrected chi connectivity index (χ0v) is 21.1. The van der Waals surface area contributed by atoms with E-state index in [1.807, 2.05) is 42.5 Å². The average Bonchev–Trinajstić information content (AvgIpc) is 3.15. The van der Waals surface area contributed by atoms with Gasteiger partial charge < -0.3 is 4.90 Å². The number of hydrogen-bond acceptors (Lipinski definition) is 1. The highest BCUT2D eigenvalue weighted by atomic mass is 19.1. The van der Waals surface area contributed by atoms with Crippen LogP contribution in [0, 0.1) is 11.6 Å². The summed E-state index contributed by atoms with van der Waals surface area (Å²) in [5.41, 5.74) is 8.72. The van der Waals surface area contributed by atoms with Gasteiger partial charge in [0.1, 0.15) is 5.82 Å². The van der Waals surface area contributed by atoms with Gasteiger partial charge in [-0.1, -0.05) is 92.7 Å². The maximum atomic E-state index is 16.1. The lowest BCUT2D eigenvalue weighted by atomic mass is 9.82. The summed E-state index contributed by atoms with van der Waals surface area (Å²) >= 11 is 0. The average molecular weight is 488 g/mol. The fourth-order valence-corrected chi connectivity index (χ4v) is 5.60. The summed E-state index contributed by atoms with van der Waals surface area (Å²) in [4.78, 5) is 1.59. The van der Waals surface area contributed by atoms with Gasteiger partial charge in [0.2, 0.25) is 0 Å². The van der Waals surface area contributed by atoms with Gasteiger partial charge in [-0.15, -0.1) is 0 Å². The van der Waals surface area contributed by atoms with Crippen molar-refractivity contribution in [2.24, 2.45) is 0 Å². The van der Waals surface area contributed by atoms with Crippen molar-refractivity contribution in [2.75, 3.05) is 11.9 Å². The van der Waals surface area contributed by atoms with Crippen molar-refractivity contribution in [3.8, 4) is 33.4 Å². The van der Waals surface area contributed by atoms with Crippen LogP contribution in [-0.4, -0.2) is 7.05 Å². The van der Waals surface area contributed by atoms with Crippen molar-refractivity contribution < 1.29 is 8.78 Å². The van der Waals surface area contributed by atoms with E-state index >= 15 is 4.39 Å². The van der Waals surface area contributed by atoms with Crippen LogP contribution in [0.2, 0.25) is 0 Å². The summed E-state index contributed by atoms with van der Waals surface area (Å²) < 4.78 is 30.8. The third kappa shape index (κ3) is 3.74. The maximum Gasteiger partial charge on any atom is 0.154 e. The highest BCUT2D eigenvalue weighted by Gasteiger charge is 2.35. The standard InChI is InChI=1S/C34H27F2N/c1-34(2)28-14-8-7-13-25(28)27-19-23(17-18-29(27)34)24-20-26(22-11-5-4-6-12-22)33(36)32(21-24)37(3)31-16-10-9-15-30(31)35/h4-21H,1-3H3. The molecule has 182 valence electrons. The SMILES string of the molecule is CN(c1ccccc1F)c1cc(-c2ccc3c(c2)-c2ccccc2C3(C)C)cc(-c2ccccc2)c1F. The van der Waals surface area contributed by atoms with Crippen LogP contribution in [0.5, 0.6) is 0 Å². The van der Waals surface area contributed by atoms with Crippen LogP contribution in [0.3, 0.4) is 0 Å². The third-order valence-electron chi connectivity index (χ3n) is 7.63. The molecule has 0 spiro atoms. The van der Waals surface area contributed by atoms with Gasteiger partial charge in [-0.25, -0.2) is 8.78 Å². The molecule has 3 heteroatoms. The third-order valence-corrected chi connectivity index (χ3v) is 7.63. The van der Waals surface area contributed by atoms with E-state index in [0.717, 1.165) is 16.7 Å². The van der Waals surface area contributed by atoms with E-state index < -0.39 is 5.82 Å². The number of halogens is 2. The second kappa shape index (κ2) is 8.70. The molecule has 0 amide bonds. The molecule has 0 heterocycles. The van der Waals surface area contributed by atoms with Crippen molar-refractivity contribution in [2.45, 2.75) is 19.3 Å². The number of anilines is 2. The van der Waals surface area contributed by atoms with Crippen LogP contribution < -0.4 is 4.90 Å². The number of fused-ring (bicyclic) bond motifs is 3. The van der Waals surface area contributed by atoms with Crippen LogP contribution in [0.4, 0.5) is 20.2 Å². The second-order valence-electron chi connectivity index (χ2n) is 10.2. The molecule has 0 radical (unpaired) electrons. The van der Waals surface area contributed by atoms with Gasteiger partial charge in [0, 0.05) is 18.0 Å². The van der Waals surface area contributed by atoms with Crippen LogP contribution in [0.1, 0.15) is 25.0 Å². The molecule has 0 fully saturated rings. The number of hydrogen-bond donors (Lipinski definition) is 0. The van der Waals surface area contributed by atoms with Crippen molar-refractivity contribution >= 4 is 11.4 Å². The van der Waals surface area contributed by atoms with E-state index in [1.54, 1.807) is 30.1 Å². The fourth-order valence-electron chi connectivity index (χ4n) is 5.60. The van der Waals surface area contributed by atoms with Crippen molar-refractivity contribution in [1.82, 2.24) is 0 Å². The van der Waals surface area contributed by atoms with Crippen LogP contribution >= 0.6 is 0 Å². The lowest BCUT2D eigenvalue weighted by Crippen LogP contribution is -2.14. The number of rotatable bonds is 4. The smallest absolute Gasteiger partial charge is 0.154 e. The van der Waals surface area contributed by atoms with E-state index in [2.05, 4.69) is 56.3 Å². The van der Waals surface area contributed by atoms with Crippen LogP contribution in [0.25, 0.3) is 33.4 Å². The number of para-hydroxylation sites is 1. The first-order valence-electron chi connectivity index (χ1n) is 12.5. The molecule has 5 aromatic rings. The molecule has 1 aliphatic rings. The van der Waals surface area contributed by atoms with Crippen LogP contribution in [-0.2, 0) is 5.41 Å². The van der Waals surface area contributed by atoms with E-state index in [4.69, 9.17) is 0 Å². The Balaban J connectivity index is 1.56. The van der Waals surface area contributed by atoms with E-state index in [1.165, 1.54) is 28.3 Å². The predicted molar refractivity (Wildman–Crippen MR) is 149 cm³/mol. The molecule has 0 atom stereocenters. The second-order valence-corrected chi connectivity index (χ2v) is 10.2. The summed E-state index contributed by atoms with van der Waals surface area (Å²) in [5.74, 6) is -0.777. The summed E-state index contributed by atoms with van der Waals surface area (Å²) in [6.07, 6.45) is 0. The largest absolute Gasteiger partial charge is 0.340 e. The molecule has 1 nitrogen and oxygen atoms in total. The van der Waals surface area contributed by atoms with E-state index in [9.17, 15) is 4.39 Å². The van der Waals surface area contributed by atoms with E-state index in [-0.39, 0.29) is 11.2 Å². The summed E-state index contributed by atoms with van der Waals surface area (Å²) in [6, 6.07) is 34.7. The Bertz CT molecular complexity index is 1640. The molecule has 0 aromatic heterocycles. The van der Waals surface area contributed by atoms with Crippen molar-refractivity contribution in [3.05, 3.63) is 132 Å². The quantitative estimate of drug-likeness (QED) is 0.244.